The van der Waals surface area contributed by atoms with Gasteiger partial charge >= 0.3 is 0 Å². The van der Waals surface area contributed by atoms with E-state index in [-0.39, 0.29) is 19.4 Å². The lowest BCUT2D eigenvalue weighted by atomic mass is 10.2. The quantitative estimate of drug-likeness (QED) is 0.764. The van der Waals surface area contributed by atoms with E-state index in [4.69, 9.17) is 14.2 Å². The molecule has 1 aliphatic heterocycles. The molecule has 0 fully saturated rings. The third-order valence-electron chi connectivity index (χ3n) is 3.95. The first-order valence-electron chi connectivity index (χ1n) is 8.12. The van der Waals surface area contributed by atoms with Crippen LogP contribution in [0.15, 0.2) is 54.7 Å². The van der Waals surface area contributed by atoms with Crippen LogP contribution in [0.25, 0.3) is 0 Å². The molecule has 0 unspecified atom stereocenters. The van der Waals surface area contributed by atoms with Crippen molar-refractivity contribution in [3.05, 3.63) is 66.0 Å². The summed E-state index contributed by atoms with van der Waals surface area (Å²) < 4.78 is 17.9. The van der Waals surface area contributed by atoms with Gasteiger partial charge in [0, 0.05) is 18.0 Å². The normalized spacial score (nSPS) is 12.0. The lowest BCUT2D eigenvalue weighted by Crippen LogP contribution is -2.14. The molecule has 0 atom stereocenters. The summed E-state index contributed by atoms with van der Waals surface area (Å²) in [7, 11) is 0. The van der Waals surface area contributed by atoms with Crippen LogP contribution in [0.5, 0.6) is 17.2 Å². The van der Waals surface area contributed by atoms with Crippen LogP contribution in [0.3, 0.4) is 0 Å². The highest BCUT2D eigenvalue weighted by molar-refractivity contribution is 6.02. The zero-order chi connectivity index (χ0) is 17.9. The molecule has 7 heteroatoms. The molecular weight excluding hydrogens is 334 g/mol. The predicted molar refractivity (Wildman–Crippen MR) is 94.6 cm³/mol. The summed E-state index contributed by atoms with van der Waals surface area (Å²) >= 11 is 0. The highest BCUT2D eigenvalue weighted by Crippen LogP contribution is 2.34. The SMILES string of the molecule is Cc1ccccc1OCn1ccc(C(=O)Nc2ccc3c(c2)OCO3)n1. The van der Waals surface area contributed by atoms with Crippen LogP contribution >= 0.6 is 0 Å². The first-order valence-corrected chi connectivity index (χ1v) is 8.12. The number of benzene rings is 2. The fourth-order valence-corrected chi connectivity index (χ4v) is 2.58. The van der Waals surface area contributed by atoms with Crippen molar-refractivity contribution >= 4 is 11.6 Å². The van der Waals surface area contributed by atoms with E-state index in [1.165, 1.54) is 0 Å². The summed E-state index contributed by atoms with van der Waals surface area (Å²) in [6.45, 7) is 2.39. The van der Waals surface area contributed by atoms with Gasteiger partial charge in [0.1, 0.15) is 5.75 Å². The molecule has 0 bridgehead atoms. The fraction of sp³-hybridized carbons (Fsp3) is 0.158. The number of anilines is 1. The summed E-state index contributed by atoms with van der Waals surface area (Å²) in [5, 5.41) is 7.04. The predicted octanol–water partition coefficient (Wildman–Crippen LogP) is 3.21. The number of carbonyl (C=O) groups is 1. The average molecular weight is 351 g/mol. The Morgan fingerprint density at radius 3 is 2.92 bits per heavy atom. The third kappa shape index (κ3) is 3.32. The molecule has 3 aromatic rings. The van der Waals surface area contributed by atoms with Crippen LogP contribution in [0.4, 0.5) is 5.69 Å². The number of aromatic nitrogens is 2. The van der Waals surface area contributed by atoms with Gasteiger partial charge in [0.2, 0.25) is 6.79 Å². The number of fused-ring (bicyclic) bond motifs is 1. The van der Waals surface area contributed by atoms with Crippen molar-refractivity contribution in [3.8, 4) is 17.2 Å². The van der Waals surface area contributed by atoms with Crippen LogP contribution in [0, 0.1) is 6.92 Å². The number of carbonyl (C=O) groups excluding carboxylic acids is 1. The zero-order valence-electron chi connectivity index (χ0n) is 14.1. The van der Waals surface area contributed by atoms with E-state index in [0.717, 1.165) is 11.3 Å². The largest absolute Gasteiger partial charge is 0.471 e. The molecule has 0 saturated heterocycles. The number of hydrogen-bond donors (Lipinski definition) is 1. The van der Waals surface area contributed by atoms with Gasteiger partial charge in [-0.3, -0.25) is 4.79 Å². The second-order valence-electron chi connectivity index (χ2n) is 5.80. The highest BCUT2D eigenvalue weighted by atomic mass is 16.7. The molecule has 1 aliphatic rings. The van der Waals surface area contributed by atoms with Gasteiger partial charge < -0.3 is 19.5 Å². The number of rotatable bonds is 5. The molecule has 0 spiro atoms. The monoisotopic (exact) mass is 351 g/mol. The number of ether oxygens (including phenoxy) is 3. The van der Waals surface area contributed by atoms with Crippen LogP contribution in [0.1, 0.15) is 16.1 Å². The van der Waals surface area contributed by atoms with Crippen molar-refractivity contribution in [1.82, 2.24) is 9.78 Å². The van der Waals surface area contributed by atoms with Crippen molar-refractivity contribution in [3.63, 3.8) is 0 Å². The molecule has 7 nitrogen and oxygen atoms in total. The lowest BCUT2D eigenvalue weighted by molar-refractivity contribution is 0.102. The molecule has 2 heterocycles. The second kappa shape index (κ2) is 6.79. The van der Waals surface area contributed by atoms with Crippen molar-refractivity contribution in [1.29, 1.82) is 0 Å². The molecule has 132 valence electrons. The number of hydrogen-bond acceptors (Lipinski definition) is 5. The van der Waals surface area contributed by atoms with E-state index in [1.807, 2.05) is 31.2 Å². The Morgan fingerprint density at radius 2 is 2.04 bits per heavy atom. The number of para-hydroxylation sites is 1. The van der Waals surface area contributed by atoms with Crippen molar-refractivity contribution in [2.75, 3.05) is 12.1 Å². The van der Waals surface area contributed by atoms with Crippen LogP contribution in [0.2, 0.25) is 0 Å². The van der Waals surface area contributed by atoms with Gasteiger partial charge in [-0.25, -0.2) is 4.68 Å². The van der Waals surface area contributed by atoms with Gasteiger partial charge in [-0.1, -0.05) is 18.2 Å². The highest BCUT2D eigenvalue weighted by Gasteiger charge is 2.15. The summed E-state index contributed by atoms with van der Waals surface area (Å²) in [5.74, 6) is 1.76. The summed E-state index contributed by atoms with van der Waals surface area (Å²) in [5.41, 5.74) is 1.96. The number of nitrogens with zero attached hydrogens (tertiary/aromatic N) is 2. The minimum Gasteiger partial charge on any atom is -0.471 e. The summed E-state index contributed by atoms with van der Waals surface area (Å²) in [6, 6.07) is 14.6. The van der Waals surface area contributed by atoms with Crippen LogP contribution in [-0.2, 0) is 6.73 Å². The Hall–Kier alpha value is -3.48. The Morgan fingerprint density at radius 1 is 1.19 bits per heavy atom. The van der Waals surface area contributed by atoms with Gasteiger partial charge in [0.15, 0.2) is 23.9 Å². The Bertz CT molecular complexity index is 951. The molecule has 1 aromatic heterocycles. The smallest absolute Gasteiger partial charge is 0.276 e. The standard InChI is InChI=1S/C19H17N3O4/c1-13-4-2-3-5-16(13)24-11-22-9-8-15(21-22)19(23)20-14-6-7-17-18(10-14)26-12-25-17/h2-10H,11-12H2,1H3,(H,20,23). The maximum atomic E-state index is 12.4. The summed E-state index contributed by atoms with van der Waals surface area (Å²) in [4.78, 5) is 12.4. The van der Waals surface area contributed by atoms with Crippen molar-refractivity contribution in [2.45, 2.75) is 13.7 Å². The number of amides is 1. The van der Waals surface area contributed by atoms with E-state index in [0.29, 0.717) is 22.9 Å². The molecule has 0 radical (unpaired) electrons. The second-order valence-corrected chi connectivity index (χ2v) is 5.80. The molecular formula is C19H17N3O4. The molecule has 0 aliphatic carbocycles. The fourth-order valence-electron chi connectivity index (χ4n) is 2.58. The zero-order valence-corrected chi connectivity index (χ0v) is 14.1. The molecule has 2 aromatic carbocycles. The van der Waals surface area contributed by atoms with Crippen LogP contribution < -0.4 is 19.5 Å². The molecule has 0 saturated carbocycles. The maximum absolute atomic E-state index is 12.4. The number of nitrogens with one attached hydrogen (secondary N) is 1. The molecule has 4 rings (SSSR count). The molecule has 1 N–H and O–H groups in total. The van der Waals surface area contributed by atoms with E-state index in [1.54, 1.807) is 35.1 Å². The van der Waals surface area contributed by atoms with Gasteiger partial charge in [-0.05, 0) is 36.8 Å². The summed E-state index contributed by atoms with van der Waals surface area (Å²) in [6.07, 6.45) is 1.70. The van der Waals surface area contributed by atoms with E-state index >= 15 is 0 Å². The minimum absolute atomic E-state index is 0.192. The van der Waals surface area contributed by atoms with E-state index < -0.39 is 0 Å². The first-order chi connectivity index (χ1) is 12.7. The van der Waals surface area contributed by atoms with Crippen molar-refractivity contribution < 1.29 is 19.0 Å². The van der Waals surface area contributed by atoms with Crippen molar-refractivity contribution in [2.24, 2.45) is 0 Å². The third-order valence-corrected chi connectivity index (χ3v) is 3.95. The van der Waals surface area contributed by atoms with Gasteiger partial charge in [0.05, 0.1) is 0 Å². The Balaban J connectivity index is 1.39. The topological polar surface area (TPSA) is 74.6 Å². The molecule has 26 heavy (non-hydrogen) atoms. The maximum Gasteiger partial charge on any atom is 0.276 e. The molecule has 1 amide bonds. The Labute approximate surface area is 150 Å². The average Bonchev–Trinajstić information content (AvgIpc) is 3.30. The van der Waals surface area contributed by atoms with Crippen LogP contribution in [-0.4, -0.2) is 22.5 Å². The first kappa shape index (κ1) is 16.0. The van der Waals surface area contributed by atoms with E-state index in [2.05, 4.69) is 10.4 Å². The number of aryl methyl sites for hydroxylation is 1. The van der Waals surface area contributed by atoms with Gasteiger partial charge in [0.25, 0.3) is 5.91 Å². The minimum atomic E-state index is -0.307. The Kier molecular flexibility index (Phi) is 4.18. The van der Waals surface area contributed by atoms with E-state index in [9.17, 15) is 4.79 Å². The van der Waals surface area contributed by atoms with Gasteiger partial charge in [-0.15, -0.1) is 0 Å². The van der Waals surface area contributed by atoms with Gasteiger partial charge in [-0.2, -0.15) is 5.10 Å². The lowest BCUT2D eigenvalue weighted by Gasteiger charge is -2.08.